The van der Waals surface area contributed by atoms with Gasteiger partial charge in [-0.1, -0.05) is 44.8 Å². The van der Waals surface area contributed by atoms with Gasteiger partial charge in [0.15, 0.2) is 0 Å². The first-order valence-electron chi connectivity index (χ1n) is 6.94. The Morgan fingerprint density at radius 3 is 2.50 bits per heavy atom. The van der Waals surface area contributed by atoms with Crippen LogP contribution in [0.5, 0.6) is 0 Å². The zero-order chi connectivity index (χ0) is 16.9. The molecule has 1 heterocycles. The predicted octanol–water partition coefficient (Wildman–Crippen LogP) is 4.80. The minimum Gasteiger partial charge on any atom is -0.403 e. The van der Waals surface area contributed by atoms with Gasteiger partial charge in [0.25, 0.3) is 5.91 Å². The van der Waals surface area contributed by atoms with Crippen molar-refractivity contribution in [3.63, 3.8) is 0 Å². The highest BCUT2D eigenvalue weighted by Crippen LogP contribution is 2.21. The van der Waals surface area contributed by atoms with Crippen molar-refractivity contribution in [1.29, 1.82) is 0 Å². The summed E-state index contributed by atoms with van der Waals surface area (Å²) in [7, 11) is 0. The van der Waals surface area contributed by atoms with E-state index in [1.807, 2.05) is 36.4 Å². The molecule has 120 valence electrons. The average Bonchev–Trinajstić information content (AvgIpc) is 3.03. The van der Waals surface area contributed by atoms with E-state index >= 15 is 0 Å². The zero-order valence-electron chi connectivity index (χ0n) is 12.2. The van der Waals surface area contributed by atoms with Gasteiger partial charge in [-0.15, -0.1) is 5.10 Å². The molecule has 5 nitrogen and oxygen atoms in total. The highest BCUT2D eigenvalue weighted by molar-refractivity contribution is 9.10. The Morgan fingerprint density at radius 1 is 1.08 bits per heavy atom. The number of hydrogen-bond donors (Lipinski definition) is 1. The normalized spacial score (nSPS) is 10.9. The summed E-state index contributed by atoms with van der Waals surface area (Å²) >= 11 is 9.17. The highest BCUT2D eigenvalue weighted by Gasteiger charge is 2.09. The summed E-state index contributed by atoms with van der Waals surface area (Å²) < 4.78 is 6.38. The number of benzene rings is 2. The van der Waals surface area contributed by atoms with Crippen molar-refractivity contribution in [2.45, 2.75) is 0 Å². The average molecular weight is 405 g/mol. The fraction of sp³-hybridized carbons (Fsp3) is 0. The second kappa shape index (κ2) is 7.42. The standard InChI is InChI=1S/C17H11BrClN3O2/c18-13-6-4-12(5-7-13)16-21-22-17(24-16)20-15(23)10-3-11-1-8-14(19)9-2-11/h1-10H,(H,20,22,23)/b10-3+. The fourth-order valence-corrected chi connectivity index (χ4v) is 2.27. The van der Waals surface area contributed by atoms with E-state index in [1.54, 1.807) is 18.2 Å². The largest absolute Gasteiger partial charge is 0.403 e. The second-order valence-electron chi connectivity index (χ2n) is 4.79. The number of rotatable bonds is 4. The molecule has 0 aliphatic carbocycles. The van der Waals surface area contributed by atoms with Crippen LogP contribution in [0.25, 0.3) is 17.5 Å². The summed E-state index contributed by atoms with van der Waals surface area (Å²) in [6, 6.07) is 14.6. The number of carbonyl (C=O) groups is 1. The van der Waals surface area contributed by atoms with Gasteiger partial charge in [-0.25, -0.2) is 0 Å². The van der Waals surface area contributed by atoms with Crippen molar-refractivity contribution in [2.75, 3.05) is 5.32 Å². The molecule has 24 heavy (non-hydrogen) atoms. The number of anilines is 1. The maximum absolute atomic E-state index is 11.9. The van der Waals surface area contributed by atoms with Gasteiger partial charge < -0.3 is 4.42 Å². The zero-order valence-corrected chi connectivity index (χ0v) is 14.6. The SMILES string of the molecule is O=C(/C=C/c1ccc(Cl)cc1)Nc1nnc(-c2ccc(Br)cc2)o1. The van der Waals surface area contributed by atoms with Crippen molar-refractivity contribution in [2.24, 2.45) is 0 Å². The molecule has 1 N–H and O–H groups in total. The Bertz CT molecular complexity index is 874. The third kappa shape index (κ3) is 4.31. The van der Waals surface area contributed by atoms with E-state index in [4.69, 9.17) is 16.0 Å². The first-order chi connectivity index (χ1) is 11.6. The van der Waals surface area contributed by atoms with Crippen molar-refractivity contribution >= 4 is 45.5 Å². The minimum atomic E-state index is -0.365. The fourth-order valence-electron chi connectivity index (χ4n) is 1.88. The van der Waals surface area contributed by atoms with Gasteiger partial charge in [0.2, 0.25) is 5.89 Å². The highest BCUT2D eigenvalue weighted by atomic mass is 79.9. The van der Waals surface area contributed by atoms with Crippen LogP contribution >= 0.6 is 27.5 Å². The molecular formula is C17H11BrClN3O2. The van der Waals surface area contributed by atoms with Crippen molar-refractivity contribution < 1.29 is 9.21 Å². The molecule has 1 aromatic heterocycles. The van der Waals surface area contributed by atoms with E-state index in [-0.39, 0.29) is 11.9 Å². The molecule has 0 unspecified atom stereocenters. The first kappa shape index (κ1) is 16.4. The summed E-state index contributed by atoms with van der Waals surface area (Å²) in [6.07, 6.45) is 3.05. The predicted molar refractivity (Wildman–Crippen MR) is 96.5 cm³/mol. The first-order valence-corrected chi connectivity index (χ1v) is 8.11. The summed E-state index contributed by atoms with van der Waals surface area (Å²) in [4.78, 5) is 11.9. The molecule has 2 aromatic carbocycles. The minimum absolute atomic E-state index is 0.0404. The van der Waals surface area contributed by atoms with Crippen molar-refractivity contribution in [1.82, 2.24) is 10.2 Å². The lowest BCUT2D eigenvalue weighted by Gasteiger charge is -1.96. The number of halogens is 2. The monoisotopic (exact) mass is 403 g/mol. The third-order valence-electron chi connectivity index (χ3n) is 3.04. The second-order valence-corrected chi connectivity index (χ2v) is 6.15. The number of aromatic nitrogens is 2. The van der Waals surface area contributed by atoms with E-state index in [9.17, 15) is 4.79 Å². The molecule has 1 amide bonds. The molecule has 0 bridgehead atoms. The lowest BCUT2D eigenvalue weighted by Crippen LogP contribution is -2.07. The van der Waals surface area contributed by atoms with Crippen LogP contribution in [0.3, 0.4) is 0 Å². The van der Waals surface area contributed by atoms with Crippen LogP contribution in [-0.2, 0) is 4.79 Å². The molecule has 0 aliphatic rings. The van der Waals surface area contributed by atoms with Gasteiger partial charge in [-0.2, -0.15) is 0 Å². The van der Waals surface area contributed by atoms with Gasteiger partial charge in [-0.05, 0) is 48.0 Å². The van der Waals surface area contributed by atoms with E-state index < -0.39 is 0 Å². The molecule has 0 saturated carbocycles. The number of carbonyl (C=O) groups excluding carboxylic acids is 1. The molecule has 0 spiro atoms. The van der Waals surface area contributed by atoms with Crippen LogP contribution in [0.1, 0.15) is 5.56 Å². The maximum atomic E-state index is 11.9. The van der Waals surface area contributed by atoms with E-state index in [2.05, 4.69) is 31.4 Å². The van der Waals surface area contributed by atoms with Gasteiger partial charge in [0.1, 0.15) is 0 Å². The molecule has 0 saturated heterocycles. The molecule has 3 aromatic rings. The Kier molecular flexibility index (Phi) is 5.08. The molecule has 0 aliphatic heterocycles. The number of nitrogens with zero attached hydrogens (tertiary/aromatic N) is 2. The van der Waals surface area contributed by atoms with Crippen LogP contribution in [0.15, 0.2) is 63.5 Å². The molecule has 3 rings (SSSR count). The topological polar surface area (TPSA) is 68.0 Å². The molecular weight excluding hydrogens is 394 g/mol. The Labute approximate surface area is 151 Å². The molecule has 0 atom stereocenters. The van der Waals surface area contributed by atoms with Gasteiger partial charge in [-0.3, -0.25) is 10.1 Å². The summed E-state index contributed by atoms with van der Waals surface area (Å²) in [5.74, 6) is -0.0320. The lowest BCUT2D eigenvalue weighted by molar-refractivity contribution is -0.112. The molecule has 7 heteroatoms. The number of amides is 1. The number of hydrogen-bond acceptors (Lipinski definition) is 4. The van der Waals surface area contributed by atoms with E-state index in [0.717, 1.165) is 15.6 Å². The van der Waals surface area contributed by atoms with Crippen LogP contribution in [0.2, 0.25) is 5.02 Å². The Morgan fingerprint density at radius 2 is 1.79 bits per heavy atom. The lowest BCUT2D eigenvalue weighted by atomic mass is 10.2. The Hall–Kier alpha value is -2.44. The van der Waals surface area contributed by atoms with E-state index in [1.165, 1.54) is 6.08 Å². The van der Waals surface area contributed by atoms with Gasteiger partial charge in [0.05, 0.1) is 0 Å². The quantitative estimate of drug-likeness (QED) is 0.634. The Balaban J connectivity index is 1.64. The van der Waals surface area contributed by atoms with Gasteiger partial charge >= 0.3 is 6.01 Å². The molecule has 0 radical (unpaired) electrons. The van der Waals surface area contributed by atoms with Crippen molar-refractivity contribution in [3.05, 3.63) is 69.7 Å². The summed E-state index contributed by atoms with van der Waals surface area (Å²) in [5, 5.41) is 10.9. The van der Waals surface area contributed by atoms with Crippen LogP contribution in [0, 0.1) is 0 Å². The van der Waals surface area contributed by atoms with E-state index in [0.29, 0.717) is 10.9 Å². The van der Waals surface area contributed by atoms with Crippen molar-refractivity contribution in [3.8, 4) is 11.5 Å². The van der Waals surface area contributed by atoms with Gasteiger partial charge in [0, 0.05) is 21.1 Å². The van der Waals surface area contributed by atoms with Crippen LogP contribution < -0.4 is 5.32 Å². The third-order valence-corrected chi connectivity index (χ3v) is 3.82. The van der Waals surface area contributed by atoms with Crippen LogP contribution in [-0.4, -0.2) is 16.1 Å². The van der Waals surface area contributed by atoms with Crippen LogP contribution in [0.4, 0.5) is 6.01 Å². The summed E-state index contributed by atoms with van der Waals surface area (Å²) in [5.41, 5.74) is 1.62. The number of nitrogens with one attached hydrogen (secondary N) is 1. The maximum Gasteiger partial charge on any atom is 0.322 e. The smallest absolute Gasteiger partial charge is 0.322 e. The molecule has 0 fully saturated rings. The summed E-state index contributed by atoms with van der Waals surface area (Å²) in [6.45, 7) is 0.